The second-order valence-corrected chi connectivity index (χ2v) is 6.00. The van der Waals surface area contributed by atoms with E-state index in [1.54, 1.807) is 18.3 Å². The minimum Gasteiger partial charge on any atom is -0.481 e. The molecule has 2 aromatic rings. The number of hydrogen-bond acceptors (Lipinski definition) is 5. The van der Waals surface area contributed by atoms with Crippen molar-refractivity contribution in [1.82, 2.24) is 9.99 Å². The van der Waals surface area contributed by atoms with E-state index in [0.29, 0.717) is 11.7 Å². The van der Waals surface area contributed by atoms with Crippen molar-refractivity contribution in [2.45, 2.75) is 13.3 Å². The Kier molecular flexibility index (Phi) is 4.22. The number of rotatable bonds is 3. The average molecular weight is 342 g/mol. The SMILES string of the molecule is COc1ccc(C2=CC(c3ccc(C)cc3)=NC3=C=CCC=NN32)cn1. The molecule has 0 aliphatic carbocycles. The van der Waals surface area contributed by atoms with Gasteiger partial charge in [-0.2, -0.15) is 5.10 Å². The molecular formula is C21H18N4O. The van der Waals surface area contributed by atoms with Crippen LogP contribution in [0, 0.1) is 6.92 Å². The third kappa shape index (κ3) is 3.08. The molecule has 0 N–H and O–H groups in total. The first-order valence-corrected chi connectivity index (χ1v) is 8.40. The summed E-state index contributed by atoms with van der Waals surface area (Å²) in [4.78, 5) is 9.08. The van der Waals surface area contributed by atoms with Crippen LogP contribution in [0.4, 0.5) is 0 Å². The molecule has 2 aliphatic rings. The molecule has 128 valence electrons. The molecule has 0 radical (unpaired) electrons. The number of methoxy groups -OCH3 is 1. The monoisotopic (exact) mass is 342 g/mol. The molecule has 5 heteroatoms. The van der Waals surface area contributed by atoms with Crippen molar-refractivity contribution in [3.8, 4) is 5.88 Å². The zero-order valence-electron chi connectivity index (χ0n) is 14.7. The Hall–Kier alpha value is -3.43. The number of ether oxygens (including phenoxy) is 1. The molecule has 0 saturated heterocycles. The van der Waals surface area contributed by atoms with Crippen molar-refractivity contribution >= 4 is 17.6 Å². The number of fused-ring (bicyclic) bond motifs is 1. The van der Waals surface area contributed by atoms with E-state index in [9.17, 15) is 0 Å². The van der Waals surface area contributed by atoms with Crippen LogP contribution in [0.25, 0.3) is 5.70 Å². The molecule has 5 nitrogen and oxygen atoms in total. The van der Waals surface area contributed by atoms with E-state index < -0.39 is 0 Å². The molecule has 0 bridgehead atoms. The van der Waals surface area contributed by atoms with Gasteiger partial charge in [-0.25, -0.2) is 15.0 Å². The van der Waals surface area contributed by atoms with Crippen molar-refractivity contribution in [1.29, 1.82) is 0 Å². The van der Waals surface area contributed by atoms with Gasteiger partial charge < -0.3 is 4.74 Å². The highest BCUT2D eigenvalue weighted by Gasteiger charge is 2.22. The van der Waals surface area contributed by atoms with Gasteiger partial charge in [0.05, 0.1) is 18.5 Å². The summed E-state index contributed by atoms with van der Waals surface area (Å²) < 4.78 is 5.16. The fraction of sp³-hybridized carbons (Fsp3) is 0.143. The molecule has 0 atom stereocenters. The minimum atomic E-state index is 0.576. The van der Waals surface area contributed by atoms with Gasteiger partial charge in [0.15, 0.2) is 5.82 Å². The highest BCUT2D eigenvalue weighted by atomic mass is 16.5. The first kappa shape index (κ1) is 16.1. The van der Waals surface area contributed by atoms with Gasteiger partial charge in [-0.1, -0.05) is 35.6 Å². The van der Waals surface area contributed by atoms with Gasteiger partial charge in [-0.05, 0) is 25.1 Å². The maximum atomic E-state index is 5.16. The number of benzene rings is 1. The van der Waals surface area contributed by atoms with E-state index in [2.05, 4.69) is 47.0 Å². The van der Waals surface area contributed by atoms with Gasteiger partial charge in [-0.3, -0.25) is 0 Å². The fourth-order valence-electron chi connectivity index (χ4n) is 2.77. The average Bonchev–Trinajstić information content (AvgIpc) is 2.93. The number of pyridine rings is 1. The van der Waals surface area contributed by atoms with Gasteiger partial charge in [-0.15, -0.1) is 0 Å². The van der Waals surface area contributed by atoms with Crippen LogP contribution in [0.5, 0.6) is 5.88 Å². The molecule has 1 aromatic heterocycles. The number of aryl methyl sites for hydroxylation is 1. The van der Waals surface area contributed by atoms with Crippen LogP contribution >= 0.6 is 0 Å². The lowest BCUT2D eigenvalue weighted by Crippen LogP contribution is -2.20. The molecule has 0 saturated carbocycles. The van der Waals surface area contributed by atoms with E-state index in [4.69, 9.17) is 9.73 Å². The number of allylic oxidation sites excluding steroid dienone is 2. The zero-order valence-corrected chi connectivity index (χ0v) is 14.7. The minimum absolute atomic E-state index is 0.576. The Labute approximate surface area is 152 Å². The molecule has 0 fully saturated rings. The van der Waals surface area contributed by atoms with E-state index in [1.807, 2.05) is 30.5 Å². The maximum absolute atomic E-state index is 5.16. The molecule has 2 aliphatic heterocycles. The van der Waals surface area contributed by atoms with Gasteiger partial charge in [0.25, 0.3) is 0 Å². The van der Waals surface area contributed by atoms with Crippen molar-refractivity contribution in [2.75, 3.05) is 7.11 Å². The maximum Gasteiger partial charge on any atom is 0.212 e. The molecular weight excluding hydrogens is 324 g/mol. The number of aromatic nitrogens is 1. The molecule has 0 amide bonds. The van der Waals surface area contributed by atoms with Crippen molar-refractivity contribution in [2.24, 2.45) is 10.1 Å². The lowest BCUT2D eigenvalue weighted by molar-refractivity contribution is 0.397. The van der Waals surface area contributed by atoms with Gasteiger partial charge in [0, 0.05) is 36.0 Å². The topological polar surface area (TPSA) is 50.1 Å². The van der Waals surface area contributed by atoms with Crippen LogP contribution in [0.3, 0.4) is 0 Å². The summed E-state index contributed by atoms with van der Waals surface area (Å²) >= 11 is 0. The predicted octanol–water partition coefficient (Wildman–Crippen LogP) is 3.93. The van der Waals surface area contributed by atoms with E-state index in [-0.39, 0.29) is 0 Å². The van der Waals surface area contributed by atoms with Crippen LogP contribution in [-0.4, -0.2) is 29.0 Å². The Morgan fingerprint density at radius 3 is 2.62 bits per heavy atom. The third-order valence-corrected chi connectivity index (χ3v) is 4.17. The number of hydrazone groups is 1. The van der Waals surface area contributed by atoms with Gasteiger partial charge in [0.1, 0.15) is 0 Å². The Balaban J connectivity index is 1.84. The second-order valence-electron chi connectivity index (χ2n) is 6.00. The van der Waals surface area contributed by atoms with Gasteiger partial charge in [0.2, 0.25) is 5.88 Å². The normalized spacial score (nSPS) is 15.6. The third-order valence-electron chi connectivity index (χ3n) is 4.17. The molecule has 3 heterocycles. The number of aliphatic imine (C=N–C) groups is 1. The smallest absolute Gasteiger partial charge is 0.212 e. The van der Waals surface area contributed by atoms with Crippen LogP contribution in [0.15, 0.2) is 76.4 Å². The van der Waals surface area contributed by atoms with Crippen LogP contribution < -0.4 is 4.74 Å². The highest BCUT2D eigenvalue weighted by molar-refractivity contribution is 6.13. The van der Waals surface area contributed by atoms with Crippen LogP contribution in [0.2, 0.25) is 0 Å². The molecule has 0 unspecified atom stereocenters. The summed E-state index contributed by atoms with van der Waals surface area (Å²) in [5.74, 6) is 1.25. The Morgan fingerprint density at radius 2 is 1.88 bits per heavy atom. The lowest BCUT2D eigenvalue weighted by atomic mass is 10.0. The summed E-state index contributed by atoms with van der Waals surface area (Å²) in [6.07, 6.45) is 8.32. The Morgan fingerprint density at radius 1 is 1.08 bits per heavy atom. The van der Waals surface area contributed by atoms with Crippen molar-refractivity contribution < 1.29 is 4.74 Å². The molecule has 4 rings (SSSR count). The Bertz CT molecular complexity index is 976. The first-order valence-electron chi connectivity index (χ1n) is 8.40. The van der Waals surface area contributed by atoms with Crippen LogP contribution in [0.1, 0.15) is 23.1 Å². The van der Waals surface area contributed by atoms with E-state index >= 15 is 0 Å². The van der Waals surface area contributed by atoms with Crippen LogP contribution in [-0.2, 0) is 0 Å². The summed E-state index contributed by atoms with van der Waals surface area (Å²) in [7, 11) is 1.61. The standard InChI is InChI=1S/C21H18N4O/c1-15-6-8-16(9-7-15)18-13-19(17-10-11-21(26-2)22-14-17)25-20(24-18)5-3-4-12-23-25/h3,6-14H,4H2,1-2H3. The number of hydrogen-bond donors (Lipinski definition) is 0. The fourth-order valence-corrected chi connectivity index (χ4v) is 2.77. The van der Waals surface area contributed by atoms with E-state index in [1.165, 1.54) is 5.56 Å². The summed E-state index contributed by atoms with van der Waals surface area (Å²) in [6, 6.07) is 12.1. The second kappa shape index (κ2) is 6.82. The summed E-state index contributed by atoms with van der Waals surface area (Å²) in [5, 5.41) is 6.33. The van der Waals surface area contributed by atoms with Gasteiger partial charge >= 0.3 is 0 Å². The molecule has 1 aromatic carbocycles. The largest absolute Gasteiger partial charge is 0.481 e. The zero-order chi connectivity index (χ0) is 17.9. The van der Waals surface area contributed by atoms with Crippen molar-refractivity contribution in [3.05, 3.63) is 83.0 Å². The molecule has 0 spiro atoms. The quantitative estimate of drug-likeness (QED) is 0.794. The summed E-state index contributed by atoms with van der Waals surface area (Å²) in [5.41, 5.74) is 8.22. The highest BCUT2D eigenvalue weighted by Crippen LogP contribution is 2.30. The first-order chi connectivity index (χ1) is 12.7. The van der Waals surface area contributed by atoms with Crippen molar-refractivity contribution in [3.63, 3.8) is 0 Å². The molecule has 26 heavy (non-hydrogen) atoms. The predicted molar refractivity (Wildman–Crippen MR) is 103 cm³/mol. The summed E-state index contributed by atoms with van der Waals surface area (Å²) in [6.45, 7) is 2.07. The van der Waals surface area contributed by atoms with E-state index in [0.717, 1.165) is 29.0 Å². The number of nitrogens with zero attached hydrogens (tertiary/aromatic N) is 4. The lowest BCUT2D eigenvalue weighted by Gasteiger charge is -2.25.